The molecule has 0 heterocycles. The highest BCUT2D eigenvalue weighted by Crippen LogP contribution is 2.20. The second-order valence-corrected chi connectivity index (χ2v) is 3.43. The van der Waals surface area contributed by atoms with Crippen LogP contribution in [0.15, 0.2) is 30.3 Å². The Labute approximate surface area is 101 Å². The Morgan fingerprint density at radius 3 is 1.88 bits per heavy atom. The highest BCUT2D eigenvalue weighted by molar-refractivity contribution is 5.71. The normalized spacial score (nSPS) is 10.1. The van der Waals surface area contributed by atoms with Gasteiger partial charge in [-0.2, -0.15) is 0 Å². The van der Waals surface area contributed by atoms with E-state index in [1.165, 1.54) is 0 Å². The second-order valence-electron chi connectivity index (χ2n) is 3.43. The van der Waals surface area contributed by atoms with Gasteiger partial charge in [0.1, 0.15) is 0 Å². The van der Waals surface area contributed by atoms with Crippen LogP contribution >= 0.6 is 0 Å². The number of carbonyl (C=O) groups excluding carboxylic acids is 2. The van der Waals surface area contributed by atoms with Gasteiger partial charge in [-0.05, 0) is 0 Å². The van der Waals surface area contributed by atoms with Crippen LogP contribution in [0.2, 0.25) is 0 Å². The van der Waals surface area contributed by atoms with E-state index in [-0.39, 0.29) is 12.8 Å². The lowest BCUT2D eigenvalue weighted by Gasteiger charge is -2.17. The van der Waals surface area contributed by atoms with Crippen LogP contribution < -0.4 is 0 Å². The summed E-state index contributed by atoms with van der Waals surface area (Å²) in [6.07, 6.45) is -0.462. The predicted molar refractivity (Wildman–Crippen MR) is 61.9 cm³/mol. The van der Waals surface area contributed by atoms with Crippen molar-refractivity contribution < 1.29 is 19.1 Å². The number of hydrogen-bond acceptors (Lipinski definition) is 4. The Morgan fingerprint density at radius 1 is 1.00 bits per heavy atom. The van der Waals surface area contributed by atoms with Crippen molar-refractivity contribution in [1.82, 2.24) is 0 Å². The third kappa shape index (κ3) is 4.26. The number of hydrogen-bond donors (Lipinski definition) is 0. The lowest BCUT2D eigenvalue weighted by molar-refractivity contribution is -0.189. The molecule has 0 saturated carbocycles. The third-order valence-corrected chi connectivity index (χ3v) is 2.13. The van der Waals surface area contributed by atoms with E-state index >= 15 is 0 Å². The molecule has 0 spiro atoms. The van der Waals surface area contributed by atoms with Crippen LogP contribution in [0.25, 0.3) is 0 Å². The SMILES string of the molecule is CCC(=O)OC(OC(=O)CC)c1ccccc1. The molecular formula is C13H16O4. The standard InChI is InChI=1S/C13H16O4/c1-3-11(14)16-13(17-12(15)4-2)10-8-6-5-7-9-10/h5-9,13H,3-4H2,1-2H3. The van der Waals surface area contributed by atoms with E-state index in [4.69, 9.17) is 9.47 Å². The number of esters is 2. The average molecular weight is 236 g/mol. The lowest BCUT2D eigenvalue weighted by atomic mass is 10.2. The zero-order valence-electron chi connectivity index (χ0n) is 10.0. The van der Waals surface area contributed by atoms with E-state index in [0.29, 0.717) is 5.56 Å². The van der Waals surface area contributed by atoms with Gasteiger partial charge in [-0.25, -0.2) is 0 Å². The topological polar surface area (TPSA) is 52.6 Å². The molecule has 0 fully saturated rings. The first-order chi connectivity index (χ1) is 8.17. The van der Waals surface area contributed by atoms with Gasteiger partial charge in [0.15, 0.2) is 0 Å². The molecule has 1 rings (SSSR count). The van der Waals surface area contributed by atoms with Crippen LogP contribution in [0.1, 0.15) is 38.5 Å². The predicted octanol–water partition coefficient (Wildman–Crippen LogP) is 2.59. The molecule has 0 saturated heterocycles. The zero-order valence-corrected chi connectivity index (χ0v) is 10.0. The Balaban J connectivity index is 2.79. The van der Waals surface area contributed by atoms with Crippen LogP contribution in [-0.2, 0) is 19.1 Å². The fourth-order valence-corrected chi connectivity index (χ4v) is 1.18. The second kappa shape index (κ2) is 6.68. The molecule has 17 heavy (non-hydrogen) atoms. The van der Waals surface area contributed by atoms with E-state index in [9.17, 15) is 9.59 Å². The maximum atomic E-state index is 11.3. The molecule has 0 N–H and O–H groups in total. The van der Waals surface area contributed by atoms with E-state index in [1.54, 1.807) is 38.1 Å². The quantitative estimate of drug-likeness (QED) is 0.582. The fourth-order valence-electron chi connectivity index (χ4n) is 1.18. The van der Waals surface area contributed by atoms with Crippen molar-refractivity contribution >= 4 is 11.9 Å². The van der Waals surface area contributed by atoms with Gasteiger partial charge in [0, 0.05) is 18.4 Å². The molecule has 0 bridgehead atoms. The number of rotatable bonds is 5. The molecule has 0 aromatic heterocycles. The summed E-state index contributed by atoms with van der Waals surface area (Å²) < 4.78 is 10.2. The number of carbonyl (C=O) groups is 2. The molecule has 0 unspecified atom stereocenters. The van der Waals surface area contributed by atoms with Gasteiger partial charge in [-0.3, -0.25) is 9.59 Å². The highest BCUT2D eigenvalue weighted by Gasteiger charge is 2.19. The maximum Gasteiger partial charge on any atom is 0.308 e. The minimum atomic E-state index is -0.948. The zero-order chi connectivity index (χ0) is 12.7. The molecule has 0 amide bonds. The van der Waals surface area contributed by atoms with E-state index in [1.807, 2.05) is 6.07 Å². The summed E-state index contributed by atoms with van der Waals surface area (Å²) in [5.74, 6) is -0.800. The van der Waals surface area contributed by atoms with Crippen LogP contribution in [0.3, 0.4) is 0 Å². The lowest BCUT2D eigenvalue weighted by Crippen LogP contribution is -2.17. The van der Waals surface area contributed by atoms with Crippen molar-refractivity contribution in [2.24, 2.45) is 0 Å². The summed E-state index contributed by atoms with van der Waals surface area (Å²) >= 11 is 0. The summed E-state index contributed by atoms with van der Waals surface area (Å²) in [4.78, 5) is 22.5. The number of ether oxygens (including phenoxy) is 2. The van der Waals surface area contributed by atoms with Gasteiger partial charge in [-0.1, -0.05) is 44.2 Å². The van der Waals surface area contributed by atoms with Crippen molar-refractivity contribution in [2.45, 2.75) is 33.0 Å². The van der Waals surface area contributed by atoms with Crippen LogP contribution in [0, 0.1) is 0 Å². The summed E-state index contributed by atoms with van der Waals surface area (Å²) in [6.45, 7) is 3.37. The van der Waals surface area contributed by atoms with Gasteiger partial charge >= 0.3 is 11.9 Å². The molecule has 0 aliphatic rings. The van der Waals surface area contributed by atoms with Gasteiger partial charge in [0.05, 0.1) is 0 Å². The fraction of sp³-hybridized carbons (Fsp3) is 0.385. The smallest absolute Gasteiger partial charge is 0.308 e. The summed E-state index contributed by atoms with van der Waals surface area (Å²) in [6, 6.07) is 8.92. The van der Waals surface area contributed by atoms with Gasteiger partial charge in [0.25, 0.3) is 6.29 Å². The first-order valence-corrected chi connectivity index (χ1v) is 5.61. The molecule has 4 nitrogen and oxygen atoms in total. The first kappa shape index (κ1) is 13.2. The Morgan fingerprint density at radius 2 is 1.47 bits per heavy atom. The van der Waals surface area contributed by atoms with E-state index in [2.05, 4.69) is 0 Å². The Kier molecular flexibility index (Phi) is 5.20. The van der Waals surface area contributed by atoms with Gasteiger partial charge in [-0.15, -0.1) is 0 Å². The van der Waals surface area contributed by atoms with Crippen molar-refractivity contribution in [3.63, 3.8) is 0 Å². The van der Waals surface area contributed by atoms with E-state index in [0.717, 1.165) is 0 Å². The summed E-state index contributed by atoms with van der Waals surface area (Å²) in [5.41, 5.74) is 0.649. The van der Waals surface area contributed by atoms with E-state index < -0.39 is 18.2 Å². The summed E-state index contributed by atoms with van der Waals surface area (Å²) in [5, 5.41) is 0. The van der Waals surface area contributed by atoms with Crippen molar-refractivity contribution in [1.29, 1.82) is 0 Å². The molecule has 1 aromatic carbocycles. The van der Waals surface area contributed by atoms with Crippen LogP contribution in [0.4, 0.5) is 0 Å². The molecule has 1 aromatic rings. The molecule has 0 aliphatic carbocycles. The molecule has 0 aliphatic heterocycles. The highest BCUT2D eigenvalue weighted by atomic mass is 16.7. The van der Waals surface area contributed by atoms with Crippen LogP contribution in [-0.4, -0.2) is 11.9 Å². The monoisotopic (exact) mass is 236 g/mol. The van der Waals surface area contributed by atoms with Crippen molar-refractivity contribution in [3.05, 3.63) is 35.9 Å². The maximum absolute atomic E-state index is 11.3. The minimum Gasteiger partial charge on any atom is -0.421 e. The average Bonchev–Trinajstić information content (AvgIpc) is 2.38. The van der Waals surface area contributed by atoms with Crippen molar-refractivity contribution in [2.75, 3.05) is 0 Å². The summed E-state index contributed by atoms with van der Waals surface area (Å²) in [7, 11) is 0. The van der Waals surface area contributed by atoms with Gasteiger partial charge in [0.2, 0.25) is 0 Å². The first-order valence-electron chi connectivity index (χ1n) is 5.61. The molecule has 4 heteroatoms. The van der Waals surface area contributed by atoms with Crippen molar-refractivity contribution in [3.8, 4) is 0 Å². The molecule has 0 radical (unpaired) electrons. The minimum absolute atomic E-state index is 0.243. The van der Waals surface area contributed by atoms with Gasteiger partial charge < -0.3 is 9.47 Å². The largest absolute Gasteiger partial charge is 0.421 e. The Hall–Kier alpha value is -1.84. The third-order valence-electron chi connectivity index (χ3n) is 2.13. The molecular weight excluding hydrogens is 220 g/mol. The molecule has 92 valence electrons. The number of benzene rings is 1. The molecule has 0 atom stereocenters. The Bertz CT molecular complexity index is 354. The van der Waals surface area contributed by atoms with Crippen LogP contribution in [0.5, 0.6) is 0 Å².